The van der Waals surface area contributed by atoms with Crippen LogP contribution in [0.15, 0.2) is 52.7 Å². The monoisotopic (exact) mass is 368 g/mol. The summed E-state index contributed by atoms with van der Waals surface area (Å²) in [5.74, 6) is 0. The lowest BCUT2D eigenvalue weighted by Crippen LogP contribution is -2.32. The third-order valence-electron chi connectivity index (χ3n) is 4.94. The average Bonchev–Trinajstić information content (AvgIpc) is 2.92. The number of anilines is 2. The van der Waals surface area contributed by atoms with E-state index in [-0.39, 0.29) is 5.69 Å². The number of hydrogen-bond acceptors (Lipinski definition) is 7. The molecule has 1 heterocycles. The molecular weight excluding hydrogens is 344 g/mol. The first kappa shape index (κ1) is 18.8. The normalized spacial score (nSPS) is 16.7. The number of fused-ring (bicyclic) bond motifs is 1. The van der Waals surface area contributed by atoms with E-state index < -0.39 is 11.1 Å². The molecule has 1 unspecified atom stereocenters. The summed E-state index contributed by atoms with van der Waals surface area (Å²) < 4.78 is 0. The quantitative estimate of drug-likeness (QED) is 0.425. The smallest absolute Gasteiger partial charge is 0.269 e. The number of azo groups is 1. The highest BCUT2D eigenvalue weighted by atomic mass is 16.6. The predicted molar refractivity (Wildman–Crippen MR) is 107 cm³/mol. The highest BCUT2D eigenvalue weighted by molar-refractivity contribution is 5.61. The van der Waals surface area contributed by atoms with Crippen molar-refractivity contribution in [1.29, 1.82) is 0 Å². The zero-order valence-corrected chi connectivity index (χ0v) is 16.0. The second kappa shape index (κ2) is 7.71. The Bertz CT molecular complexity index is 848. The van der Waals surface area contributed by atoms with Crippen LogP contribution in [0.2, 0.25) is 0 Å². The van der Waals surface area contributed by atoms with Crippen molar-refractivity contribution < 1.29 is 4.92 Å². The first-order valence-corrected chi connectivity index (χ1v) is 8.97. The van der Waals surface area contributed by atoms with Crippen LogP contribution < -0.4 is 9.91 Å². The summed E-state index contributed by atoms with van der Waals surface area (Å²) >= 11 is 0. The molecule has 0 aromatic heterocycles. The van der Waals surface area contributed by atoms with Crippen molar-refractivity contribution in [3.63, 3.8) is 0 Å². The maximum absolute atomic E-state index is 11.1. The van der Waals surface area contributed by atoms with E-state index in [9.17, 15) is 10.1 Å². The lowest BCUT2D eigenvalue weighted by Gasteiger charge is -2.23. The second-order valence-corrected chi connectivity index (χ2v) is 6.38. The number of nitro groups is 1. The van der Waals surface area contributed by atoms with Gasteiger partial charge in [0.2, 0.25) is 0 Å². The minimum atomic E-state index is -0.396. The van der Waals surface area contributed by atoms with Gasteiger partial charge in [-0.3, -0.25) is 10.1 Å². The maximum Gasteiger partial charge on any atom is 0.269 e. The van der Waals surface area contributed by atoms with Crippen molar-refractivity contribution in [3.8, 4) is 0 Å². The molecule has 2 aromatic rings. The number of hydrazine groups is 1. The molecule has 3 rings (SSSR count). The van der Waals surface area contributed by atoms with Crippen molar-refractivity contribution in [3.05, 3.63) is 58.1 Å². The summed E-state index contributed by atoms with van der Waals surface area (Å²) in [5, 5.41) is 23.8. The zero-order valence-electron chi connectivity index (χ0n) is 16.0. The van der Waals surface area contributed by atoms with E-state index in [1.165, 1.54) is 6.07 Å². The fourth-order valence-electron chi connectivity index (χ4n) is 3.27. The minimum absolute atomic E-state index is 0.0567. The SMILES string of the molecule is CCN(CC)c1ccc(N=NC2c3cc([N+](=O)[O-])ccc3N(C)N2C)cc1. The standard InChI is InChI=1S/C19H24N6O2/c1-5-24(6-2)15-9-7-14(8-10-15)20-21-19-17-13-16(25(26)27)11-12-18(17)22(3)23(19)4/h7-13,19H,5-6H2,1-4H3. The van der Waals surface area contributed by atoms with Crippen LogP contribution in [0.4, 0.5) is 22.7 Å². The summed E-state index contributed by atoms with van der Waals surface area (Å²) in [6.45, 7) is 6.15. The minimum Gasteiger partial charge on any atom is -0.372 e. The molecule has 1 aliphatic rings. The Balaban J connectivity index is 1.85. The van der Waals surface area contributed by atoms with Gasteiger partial charge < -0.3 is 9.91 Å². The summed E-state index contributed by atoms with van der Waals surface area (Å²) in [4.78, 5) is 13.0. The molecule has 142 valence electrons. The summed E-state index contributed by atoms with van der Waals surface area (Å²) in [7, 11) is 3.79. The van der Waals surface area contributed by atoms with Crippen LogP contribution in [0, 0.1) is 10.1 Å². The first-order valence-electron chi connectivity index (χ1n) is 8.97. The molecule has 8 heteroatoms. The highest BCUT2D eigenvalue weighted by Gasteiger charge is 2.33. The number of rotatable bonds is 6. The van der Waals surface area contributed by atoms with E-state index in [1.807, 2.05) is 48.4 Å². The fraction of sp³-hybridized carbons (Fsp3) is 0.368. The van der Waals surface area contributed by atoms with Gasteiger partial charge in [-0.15, -0.1) is 0 Å². The van der Waals surface area contributed by atoms with E-state index in [0.717, 1.165) is 35.7 Å². The summed E-state index contributed by atoms with van der Waals surface area (Å²) in [6, 6.07) is 12.8. The van der Waals surface area contributed by atoms with Gasteiger partial charge in [-0.1, -0.05) is 0 Å². The molecule has 0 amide bonds. The highest BCUT2D eigenvalue weighted by Crippen LogP contribution is 2.41. The molecule has 0 aliphatic carbocycles. The van der Waals surface area contributed by atoms with Gasteiger partial charge in [0.15, 0.2) is 6.17 Å². The van der Waals surface area contributed by atoms with Gasteiger partial charge in [-0.05, 0) is 44.2 Å². The number of nitrogens with zero attached hydrogens (tertiary/aromatic N) is 6. The average molecular weight is 368 g/mol. The lowest BCUT2D eigenvalue weighted by molar-refractivity contribution is -0.384. The second-order valence-electron chi connectivity index (χ2n) is 6.38. The summed E-state index contributed by atoms with van der Waals surface area (Å²) in [5.41, 5.74) is 3.63. The molecule has 0 bridgehead atoms. The number of nitro benzene ring substituents is 1. The molecule has 8 nitrogen and oxygen atoms in total. The van der Waals surface area contributed by atoms with Crippen LogP contribution in [-0.2, 0) is 0 Å². The van der Waals surface area contributed by atoms with E-state index in [4.69, 9.17) is 0 Å². The Morgan fingerprint density at radius 3 is 2.37 bits per heavy atom. The molecular formula is C19H24N6O2. The van der Waals surface area contributed by atoms with Crippen LogP contribution >= 0.6 is 0 Å². The number of hydrogen-bond donors (Lipinski definition) is 0. The molecule has 0 spiro atoms. The van der Waals surface area contributed by atoms with Gasteiger partial charge in [-0.25, -0.2) is 0 Å². The van der Waals surface area contributed by atoms with E-state index in [1.54, 1.807) is 12.1 Å². The molecule has 0 radical (unpaired) electrons. The van der Waals surface area contributed by atoms with Crippen molar-refractivity contribution in [2.24, 2.45) is 10.2 Å². The lowest BCUT2D eigenvalue weighted by atomic mass is 10.1. The fourth-order valence-corrected chi connectivity index (χ4v) is 3.27. The van der Waals surface area contributed by atoms with Gasteiger partial charge in [0.05, 0.1) is 16.3 Å². The van der Waals surface area contributed by atoms with Crippen LogP contribution in [-0.4, -0.2) is 37.1 Å². The molecule has 0 saturated heterocycles. The zero-order chi connectivity index (χ0) is 19.6. The van der Waals surface area contributed by atoms with Crippen molar-refractivity contribution in [2.75, 3.05) is 37.1 Å². The van der Waals surface area contributed by atoms with Crippen molar-refractivity contribution in [2.45, 2.75) is 20.0 Å². The topological polar surface area (TPSA) is 77.6 Å². The first-order chi connectivity index (χ1) is 13.0. The van der Waals surface area contributed by atoms with Crippen molar-refractivity contribution in [1.82, 2.24) is 5.01 Å². The maximum atomic E-state index is 11.1. The molecule has 0 saturated carbocycles. The number of benzene rings is 2. The van der Waals surface area contributed by atoms with E-state index in [0.29, 0.717) is 0 Å². The number of non-ortho nitro benzene ring substituents is 1. The molecule has 2 aromatic carbocycles. The van der Waals surface area contributed by atoms with Gasteiger partial charge in [0.1, 0.15) is 0 Å². The predicted octanol–water partition coefficient (Wildman–Crippen LogP) is 4.52. The van der Waals surface area contributed by atoms with Gasteiger partial charge in [0, 0.05) is 50.6 Å². The van der Waals surface area contributed by atoms with Gasteiger partial charge in [-0.2, -0.15) is 15.2 Å². The Labute approximate surface area is 158 Å². The van der Waals surface area contributed by atoms with Gasteiger partial charge >= 0.3 is 0 Å². The molecule has 1 aliphatic heterocycles. The van der Waals surface area contributed by atoms with Crippen LogP contribution in [0.5, 0.6) is 0 Å². The Hall–Kier alpha value is -3.00. The third kappa shape index (κ3) is 3.61. The largest absolute Gasteiger partial charge is 0.372 e. The molecule has 27 heavy (non-hydrogen) atoms. The Morgan fingerprint density at radius 2 is 1.78 bits per heavy atom. The third-order valence-corrected chi connectivity index (χ3v) is 4.94. The van der Waals surface area contributed by atoms with E-state index >= 15 is 0 Å². The molecule has 0 fully saturated rings. The van der Waals surface area contributed by atoms with E-state index in [2.05, 4.69) is 29.0 Å². The Kier molecular flexibility index (Phi) is 5.36. The summed E-state index contributed by atoms with van der Waals surface area (Å²) in [6.07, 6.45) is -0.396. The molecule has 1 atom stereocenters. The van der Waals surface area contributed by atoms with Crippen LogP contribution in [0.25, 0.3) is 0 Å². The van der Waals surface area contributed by atoms with Crippen LogP contribution in [0.3, 0.4) is 0 Å². The van der Waals surface area contributed by atoms with Crippen LogP contribution in [0.1, 0.15) is 25.6 Å². The van der Waals surface area contributed by atoms with Crippen molar-refractivity contribution >= 4 is 22.7 Å². The molecule has 0 N–H and O–H groups in total. The van der Waals surface area contributed by atoms with Gasteiger partial charge in [0.25, 0.3) is 5.69 Å². The Morgan fingerprint density at radius 1 is 1.11 bits per heavy atom.